The Morgan fingerprint density at radius 1 is 1.28 bits per heavy atom. The van der Waals surface area contributed by atoms with E-state index in [1.54, 1.807) is 11.9 Å². The summed E-state index contributed by atoms with van der Waals surface area (Å²) < 4.78 is 27.9. The summed E-state index contributed by atoms with van der Waals surface area (Å²) in [4.78, 5) is 26.0. The molecular weight excluding hydrogens is 374 g/mol. The predicted octanol–water partition coefficient (Wildman–Crippen LogP) is 3.06. The standard InChI is InChI=1S/C23H24F2N2O2/c1-27(12-15-5-3-2-4-6-15)22(29)16(13-28)9-21-19-11-23(19,14-26-21)18-10-17(24)7-8-20(18)25/h2-8,10,13,16,19,21,26H,9,11-12,14H2,1H3/t16?,19-,21?,23+/m0/s1. The van der Waals surface area contributed by atoms with Gasteiger partial charge in [-0.15, -0.1) is 0 Å². The van der Waals surface area contributed by atoms with Gasteiger partial charge in [-0.1, -0.05) is 30.3 Å². The van der Waals surface area contributed by atoms with E-state index in [1.807, 2.05) is 30.3 Å². The van der Waals surface area contributed by atoms with Crippen molar-refractivity contribution < 1.29 is 18.4 Å². The Hall–Kier alpha value is -2.60. The number of amides is 1. The van der Waals surface area contributed by atoms with Crippen LogP contribution in [0.2, 0.25) is 0 Å². The summed E-state index contributed by atoms with van der Waals surface area (Å²) in [5.74, 6) is -1.72. The molecule has 2 aromatic carbocycles. The quantitative estimate of drug-likeness (QED) is 0.576. The van der Waals surface area contributed by atoms with Crippen molar-refractivity contribution >= 4 is 12.2 Å². The first kappa shape index (κ1) is 19.7. The van der Waals surface area contributed by atoms with Crippen molar-refractivity contribution in [2.75, 3.05) is 13.6 Å². The fourth-order valence-electron chi connectivity index (χ4n) is 4.76. The number of carbonyl (C=O) groups excluding carboxylic acids is 2. The zero-order chi connectivity index (χ0) is 20.6. The van der Waals surface area contributed by atoms with Gasteiger partial charge in [0, 0.05) is 31.6 Å². The smallest absolute Gasteiger partial charge is 0.232 e. The largest absolute Gasteiger partial charge is 0.341 e. The van der Waals surface area contributed by atoms with Crippen molar-refractivity contribution in [3.63, 3.8) is 0 Å². The van der Waals surface area contributed by atoms with E-state index in [9.17, 15) is 18.4 Å². The summed E-state index contributed by atoms with van der Waals surface area (Å²) in [6, 6.07) is 13.1. The highest BCUT2D eigenvalue weighted by Gasteiger charge is 2.63. The van der Waals surface area contributed by atoms with Crippen LogP contribution in [0, 0.1) is 23.5 Å². The lowest BCUT2D eigenvalue weighted by molar-refractivity contribution is -0.137. The normalized spacial score (nSPS) is 25.9. The molecule has 4 nitrogen and oxygen atoms in total. The molecule has 2 fully saturated rings. The fraction of sp³-hybridized carbons (Fsp3) is 0.391. The van der Waals surface area contributed by atoms with Gasteiger partial charge in [0.2, 0.25) is 5.91 Å². The van der Waals surface area contributed by atoms with Crippen LogP contribution in [0.3, 0.4) is 0 Å². The van der Waals surface area contributed by atoms with Gasteiger partial charge >= 0.3 is 0 Å². The van der Waals surface area contributed by atoms with Gasteiger partial charge in [-0.25, -0.2) is 8.78 Å². The second kappa shape index (κ2) is 7.67. The van der Waals surface area contributed by atoms with E-state index in [1.165, 1.54) is 12.1 Å². The molecule has 1 aliphatic heterocycles. The average Bonchev–Trinajstić information content (AvgIpc) is 3.36. The minimum atomic E-state index is -0.755. The first-order valence-electron chi connectivity index (χ1n) is 9.88. The highest BCUT2D eigenvalue weighted by molar-refractivity contribution is 5.91. The molecule has 0 bridgehead atoms. The third-order valence-electron chi connectivity index (χ3n) is 6.39. The molecule has 1 amide bonds. The maximum absolute atomic E-state index is 14.3. The van der Waals surface area contributed by atoms with Crippen LogP contribution >= 0.6 is 0 Å². The molecular formula is C23H24F2N2O2. The Bertz CT molecular complexity index is 920. The molecule has 29 heavy (non-hydrogen) atoms. The van der Waals surface area contributed by atoms with E-state index in [-0.39, 0.29) is 17.9 Å². The van der Waals surface area contributed by atoms with Crippen LogP contribution in [0.4, 0.5) is 8.78 Å². The van der Waals surface area contributed by atoms with Crippen LogP contribution in [-0.4, -0.2) is 36.7 Å². The molecule has 0 aromatic heterocycles. The van der Waals surface area contributed by atoms with Gasteiger partial charge in [0.15, 0.2) is 0 Å². The molecule has 4 atom stereocenters. The van der Waals surface area contributed by atoms with Crippen LogP contribution in [0.5, 0.6) is 0 Å². The van der Waals surface area contributed by atoms with Crippen molar-refractivity contribution in [3.05, 3.63) is 71.3 Å². The molecule has 2 aliphatic rings. The van der Waals surface area contributed by atoms with Crippen molar-refractivity contribution in [2.45, 2.75) is 30.8 Å². The van der Waals surface area contributed by atoms with Crippen LogP contribution in [0.1, 0.15) is 24.0 Å². The number of carbonyl (C=O) groups is 2. The first-order valence-corrected chi connectivity index (χ1v) is 9.88. The zero-order valence-electron chi connectivity index (χ0n) is 16.3. The monoisotopic (exact) mass is 398 g/mol. The molecule has 6 heteroatoms. The zero-order valence-corrected chi connectivity index (χ0v) is 16.3. The summed E-state index contributed by atoms with van der Waals surface area (Å²) in [6.45, 7) is 0.965. The SMILES string of the molecule is CN(Cc1ccccc1)C(=O)C(C=O)CC1NC[C@@]2(c3cc(F)ccc3F)C[C@@H]12. The highest BCUT2D eigenvalue weighted by Crippen LogP contribution is 2.60. The number of fused-ring (bicyclic) bond motifs is 1. The van der Waals surface area contributed by atoms with E-state index < -0.39 is 23.0 Å². The van der Waals surface area contributed by atoms with E-state index in [2.05, 4.69) is 5.32 Å². The number of hydrogen-bond donors (Lipinski definition) is 1. The lowest BCUT2D eigenvalue weighted by Crippen LogP contribution is -2.38. The molecule has 2 unspecified atom stereocenters. The lowest BCUT2D eigenvalue weighted by atomic mass is 9.91. The van der Waals surface area contributed by atoms with Crippen molar-refractivity contribution in [1.82, 2.24) is 10.2 Å². The molecule has 2 aromatic rings. The minimum Gasteiger partial charge on any atom is -0.341 e. The molecule has 0 radical (unpaired) electrons. The Balaban J connectivity index is 1.42. The molecule has 4 rings (SSSR count). The molecule has 152 valence electrons. The first-order chi connectivity index (χ1) is 13.9. The second-order valence-electron chi connectivity index (χ2n) is 8.24. The maximum atomic E-state index is 14.3. The van der Waals surface area contributed by atoms with E-state index >= 15 is 0 Å². The van der Waals surface area contributed by atoms with Crippen molar-refractivity contribution in [3.8, 4) is 0 Å². The van der Waals surface area contributed by atoms with Gasteiger partial charge in [-0.05, 0) is 48.1 Å². The number of halogens is 2. The summed E-state index contributed by atoms with van der Waals surface area (Å²) in [6.07, 6.45) is 1.81. The van der Waals surface area contributed by atoms with Crippen LogP contribution in [0.15, 0.2) is 48.5 Å². The second-order valence-corrected chi connectivity index (χ2v) is 8.24. The number of nitrogens with zero attached hydrogens (tertiary/aromatic N) is 1. The molecule has 1 saturated heterocycles. The number of nitrogens with one attached hydrogen (secondary N) is 1. The number of aldehydes is 1. The van der Waals surface area contributed by atoms with E-state index in [0.29, 0.717) is 31.4 Å². The molecule has 1 N–H and O–H groups in total. The van der Waals surface area contributed by atoms with Gasteiger partial charge in [0.05, 0.1) is 5.92 Å². The molecule has 1 heterocycles. The van der Waals surface area contributed by atoms with Crippen molar-refractivity contribution in [1.29, 1.82) is 0 Å². The minimum absolute atomic E-state index is 0.0676. The molecule has 1 aliphatic carbocycles. The van der Waals surface area contributed by atoms with Gasteiger partial charge in [-0.2, -0.15) is 0 Å². The summed E-state index contributed by atoms with van der Waals surface area (Å²) >= 11 is 0. The van der Waals surface area contributed by atoms with Gasteiger partial charge < -0.3 is 15.0 Å². The van der Waals surface area contributed by atoms with Gasteiger partial charge in [0.25, 0.3) is 0 Å². The van der Waals surface area contributed by atoms with Gasteiger partial charge in [-0.3, -0.25) is 4.79 Å². The van der Waals surface area contributed by atoms with E-state index in [4.69, 9.17) is 0 Å². The Morgan fingerprint density at radius 2 is 2.03 bits per heavy atom. The van der Waals surface area contributed by atoms with Crippen LogP contribution in [0.25, 0.3) is 0 Å². The maximum Gasteiger partial charge on any atom is 0.232 e. The molecule has 0 spiro atoms. The number of rotatable bonds is 7. The number of hydrogen-bond acceptors (Lipinski definition) is 3. The third-order valence-corrected chi connectivity index (χ3v) is 6.39. The molecule has 1 saturated carbocycles. The van der Waals surface area contributed by atoms with Crippen LogP contribution < -0.4 is 5.32 Å². The lowest BCUT2D eigenvalue weighted by Gasteiger charge is -2.23. The van der Waals surface area contributed by atoms with Crippen LogP contribution in [-0.2, 0) is 21.5 Å². The average molecular weight is 398 g/mol. The fourth-order valence-corrected chi connectivity index (χ4v) is 4.76. The Labute approximate surface area is 168 Å². The third kappa shape index (κ3) is 3.69. The number of piperidine rings is 1. The summed E-state index contributed by atoms with van der Waals surface area (Å²) in [5.41, 5.74) is 0.964. The predicted molar refractivity (Wildman–Crippen MR) is 105 cm³/mol. The Kier molecular flexibility index (Phi) is 5.21. The summed E-state index contributed by atoms with van der Waals surface area (Å²) in [7, 11) is 1.69. The topological polar surface area (TPSA) is 49.4 Å². The number of benzene rings is 2. The summed E-state index contributed by atoms with van der Waals surface area (Å²) in [5, 5.41) is 3.33. The highest BCUT2D eigenvalue weighted by atomic mass is 19.1. The van der Waals surface area contributed by atoms with Gasteiger partial charge in [0.1, 0.15) is 17.9 Å². The van der Waals surface area contributed by atoms with E-state index in [0.717, 1.165) is 18.1 Å². The Morgan fingerprint density at radius 3 is 2.72 bits per heavy atom. The van der Waals surface area contributed by atoms with Crippen molar-refractivity contribution in [2.24, 2.45) is 11.8 Å².